The molecule has 0 saturated heterocycles. The molecule has 0 aliphatic rings. The molecule has 0 fully saturated rings. The van der Waals surface area contributed by atoms with Crippen molar-refractivity contribution in [2.24, 2.45) is 0 Å². The fourth-order valence-electron chi connectivity index (χ4n) is 2.80. The molecule has 0 radical (unpaired) electrons. The van der Waals surface area contributed by atoms with Gasteiger partial charge in [0, 0.05) is 0 Å². The predicted octanol–water partition coefficient (Wildman–Crippen LogP) is 5.23. The van der Waals surface area contributed by atoms with Gasteiger partial charge in [0.15, 0.2) is 0 Å². The van der Waals surface area contributed by atoms with Crippen LogP contribution in [0.4, 0.5) is 0 Å². The van der Waals surface area contributed by atoms with E-state index >= 15 is 0 Å². The van der Waals surface area contributed by atoms with E-state index in [-0.39, 0.29) is 5.92 Å². The normalized spacial score (nSPS) is 12.0. The first kappa shape index (κ1) is 17.1. The lowest BCUT2D eigenvalue weighted by atomic mass is 9.90. The van der Waals surface area contributed by atoms with Crippen LogP contribution in [0.3, 0.4) is 0 Å². The van der Waals surface area contributed by atoms with Crippen LogP contribution in [0.5, 0.6) is 5.75 Å². The van der Waals surface area contributed by atoms with Gasteiger partial charge in [-0.05, 0) is 47.1 Å². The number of ether oxygens (including phenoxy) is 1. The Kier molecular flexibility index (Phi) is 5.82. The highest BCUT2D eigenvalue weighted by Gasteiger charge is 2.14. The van der Waals surface area contributed by atoms with Crippen LogP contribution in [-0.4, -0.2) is 7.11 Å². The minimum atomic E-state index is -0.129. The Hall–Kier alpha value is -2.27. The zero-order chi connectivity index (χ0) is 16.8. The van der Waals surface area contributed by atoms with E-state index in [9.17, 15) is 5.26 Å². The van der Waals surface area contributed by atoms with Gasteiger partial charge in [-0.2, -0.15) is 5.26 Å². The molecule has 0 aliphatic heterocycles. The Bertz CT molecular complexity index is 680. The third-order valence-electron chi connectivity index (χ3n) is 4.33. The number of rotatable bonds is 6. The maximum Gasteiger partial charge on any atom is 0.122 e. The number of hydrogen-bond acceptors (Lipinski definition) is 2. The molecule has 0 heterocycles. The molecule has 120 valence electrons. The van der Waals surface area contributed by atoms with Crippen molar-refractivity contribution in [1.82, 2.24) is 0 Å². The first-order valence-corrected chi connectivity index (χ1v) is 8.24. The topological polar surface area (TPSA) is 33.0 Å². The first-order chi connectivity index (χ1) is 11.1. The Balaban J connectivity index is 2.21. The summed E-state index contributed by atoms with van der Waals surface area (Å²) < 4.78 is 5.38. The number of nitrogens with zero attached hydrogens (tertiary/aromatic N) is 1. The summed E-state index contributed by atoms with van der Waals surface area (Å²) in [4.78, 5) is 0. The predicted molar refractivity (Wildman–Crippen MR) is 95.0 cm³/mol. The van der Waals surface area contributed by atoms with Crippen LogP contribution in [-0.2, 0) is 12.8 Å². The van der Waals surface area contributed by atoms with Gasteiger partial charge in [-0.1, -0.05) is 57.2 Å². The highest BCUT2D eigenvalue weighted by molar-refractivity contribution is 5.41. The van der Waals surface area contributed by atoms with Crippen LogP contribution in [0.1, 0.15) is 54.9 Å². The van der Waals surface area contributed by atoms with E-state index in [0.29, 0.717) is 5.92 Å². The number of aryl methyl sites for hydroxylation is 1. The van der Waals surface area contributed by atoms with Crippen molar-refractivity contribution >= 4 is 0 Å². The quantitative estimate of drug-likeness (QED) is 0.732. The summed E-state index contributed by atoms with van der Waals surface area (Å²) in [7, 11) is 1.69. The van der Waals surface area contributed by atoms with Crippen molar-refractivity contribution in [2.45, 2.75) is 45.4 Å². The highest BCUT2D eigenvalue weighted by Crippen LogP contribution is 2.27. The van der Waals surface area contributed by atoms with Crippen LogP contribution in [0.25, 0.3) is 0 Å². The van der Waals surface area contributed by atoms with E-state index in [1.165, 1.54) is 11.1 Å². The van der Waals surface area contributed by atoms with Crippen molar-refractivity contribution in [1.29, 1.82) is 5.26 Å². The molecule has 0 amide bonds. The van der Waals surface area contributed by atoms with Gasteiger partial charge in [0.25, 0.3) is 0 Å². The van der Waals surface area contributed by atoms with Crippen LogP contribution in [0.2, 0.25) is 0 Å². The van der Waals surface area contributed by atoms with Crippen molar-refractivity contribution < 1.29 is 4.74 Å². The number of benzene rings is 2. The van der Waals surface area contributed by atoms with E-state index in [2.05, 4.69) is 57.2 Å². The molecule has 1 unspecified atom stereocenters. The fourth-order valence-corrected chi connectivity index (χ4v) is 2.80. The van der Waals surface area contributed by atoms with Crippen molar-refractivity contribution in [3.8, 4) is 11.8 Å². The zero-order valence-electron chi connectivity index (χ0n) is 14.5. The standard InChI is InChI=1S/C21H25NO/c1-5-17-13-19(10-11-21(17)23-4)20(14-22)12-16-6-8-18(9-7-16)15(2)3/h6-11,13,15,20H,5,12H2,1-4H3. The maximum absolute atomic E-state index is 9.59. The lowest BCUT2D eigenvalue weighted by molar-refractivity contribution is 0.410. The third kappa shape index (κ3) is 4.13. The molecule has 2 rings (SSSR count). The van der Waals surface area contributed by atoms with Gasteiger partial charge in [0.1, 0.15) is 5.75 Å². The Labute approximate surface area is 139 Å². The lowest BCUT2D eigenvalue weighted by Crippen LogP contribution is -2.02. The van der Waals surface area contributed by atoms with Crippen molar-refractivity contribution in [3.05, 3.63) is 64.7 Å². The minimum absolute atomic E-state index is 0.129. The number of methoxy groups -OCH3 is 1. The Morgan fingerprint density at radius 1 is 1.04 bits per heavy atom. The number of hydrogen-bond donors (Lipinski definition) is 0. The molecule has 0 saturated carbocycles. The zero-order valence-corrected chi connectivity index (χ0v) is 14.5. The van der Waals surface area contributed by atoms with Gasteiger partial charge in [-0.25, -0.2) is 0 Å². The van der Waals surface area contributed by atoms with E-state index < -0.39 is 0 Å². The van der Waals surface area contributed by atoms with Gasteiger partial charge in [-0.3, -0.25) is 0 Å². The summed E-state index contributed by atoms with van der Waals surface area (Å²) in [5.41, 5.74) is 4.76. The van der Waals surface area contributed by atoms with E-state index in [1.54, 1.807) is 7.11 Å². The van der Waals surface area contributed by atoms with Crippen LogP contribution >= 0.6 is 0 Å². The molecule has 0 spiro atoms. The largest absolute Gasteiger partial charge is 0.496 e. The average molecular weight is 307 g/mol. The molecule has 0 aliphatic carbocycles. The second kappa shape index (κ2) is 7.83. The Morgan fingerprint density at radius 2 is 1.70 bits per heavy atom. The summed E-state index contributed by atoms with van der Waals surface area (Å²) in [5, 5.41) is 9.59. The molecular formula is C21H25NO. The fraction of sp³-hybridized carbons (Fsp3) is 0.381. The van der Waals surface area contributed by atoms with Crippen molar-refractivity contribution in [2.75, 3.05) is 7.11 Å². The first-order valence-electron chi connectivity index (χ1n) is 8.24. The SMILES string of the molecule is CCc1cc(C(C#N)Cc2ccc(C(C)C)cc2)ccc1OC. The smallest absolute Gasteiger partial charge is 0.122 e. The lowest BCUT2D eigenvalue weighted by Gasteiger charge is -2.14. The molecule has 2 heteroatoms. The molecule has 0 N–H and O–H groups in total. The van der Waals surface area contributed by atoms with E-state index in [4.69, 9.17) is 4.74 Å². The summed E-state index contributed by atoms with van der Waals surface area (Å²) in [6, 6.07) is 17.2. The molecule has 0 bridgehead atoms. The second-order valence-electron chi connectivity index (χ2n) is 6.21. The monoisotopic (exact) mass is 307 g/mol. The van der Waals surface area contributed by atoms with E-state index in [1.807, 2.05) is 12.1 Å². The average Bonchev–Trinajstić information content (AvgIpc) is 2.59. The highest BCUT2D eigenvalue weighted by atomic mass is 16.5. The van der Waals surface area contributed by atoms with Gasteiger partial charge < -0.3 is 4.74 Å². The second-order valence-corrected chi connectivity index (χ2v) is 6.21. The Morgan fingerprint density at radius 3 is 2.22 bits per heavy atom. The molecule has 1 atom stereocenters. The van der Waals surface area contributed by atoms with E-state index in [0.717, 1.165) is 29.7 Å². The molecule has 0 aromatic heterocycles. The summed E-state index contributed by atoms with van der Waals surface area (Å²) in [6.45, 7) is 6.49. The molecule has 2 aromatic rings. The van der Waals surface area contributed by atoms with Crippen molar-refractivity contribution in [3.63, 3.8) is 0 Å². The van der Waals surface area contributed by atoms with Crippen LogP contribution < -0.4 is 4.74 Å². The molecule has 2 aromatic carbocycles. The number of nitriles is 1. The summed E-state index contributed by atoms with van der Waals surface area (Å²) in [6.07, 6.45) is 1.64. The summed E-state index contributed by atoms with van der Waals surface area (Å²) >= 11 is 0. The van der Waals surface area contributed by atoms with Gasteiger partial charge in [0.05, 0.1) is 19.1 Å². The summed E-state index contributed by atoms with van der Waals surface area (Å²) in [5.74, 6) is 1.30. The van der Waals surface area contributed by atoms with Gasteiger partial charge >= 0.3 is 0 Å². The molecule has 23 heavy (non-hydrogen) atoms. The van der Waals surface area contributed by atoms with Gasteiger partial charge in [0.2, 0.25) is 0 Å². The molecular weight excluding hydrogens is 282 g/mol. The van der Waals surface area contributed by atoms with Crippen LogP contribution in [0, 0.1) is 11.3 Å². The maximum atomic E-state index is 9.59. The molecule has 2 nitrogen and oxygen atoms in total. The van der Waals surface area contributed by atoms with Gasteiger partial charge in [-0.15, -0.1) is 0 Å². The minimum Gasteiger partial charge on any atom is -0.496 e. The third-order valence-corrected chi connectivity index (χ3v) is 4.33. The van der Waals surface area contributed by atoms with Crippen LogP contribution in [0.15, 0.2) is 42.5 Å².